The van der Waals surface area contributed by atoms with Crippen LogP contribution >= 0.6 is 12.4 Å². The molecule has 1 heterocycles. The lowest BCUT2D eigenvalue weighted by atomic mass is 10.3. The van der Waals surface area contributed by atoms with E-state index in [4.69, 9.17) is 0 Å². The monoisotopic (exact) mass is 150 g/mol. The predicted molar refractivity (Wildman–Crippen MR) is 37.5 cm³/mol. The van der Waals surface area contributed by atoms with Gasteiger partial charge in [0.15, 0.2) is 0 Å². The average Bonchev–Trinajstić information content (AvgIpc) is 2.14. The molecule has 1 aliphatic heterocycles. The zero-order valence-corrected chi connectivity index (χ0v) is 6.12. The summed E-state index contributed by atoms with van der Waals surface area (Å²) in [4.78, 5) is 10.5. The van der Waals surface area contributed by atoms with Crippen molar-refractivity contribution >= 4 is 18.3 Å². The minimum absolute atomic E-state index is 0. The highest BCUT2D eigenvalue weighted by Gasteiger charge is 2.17. The van der Waals surface area contributed by atoms with Gasteiger partial charge >= 0.3 is 0 Å². The normalized spacial score (nSPS) is 25.0. The fraction of sp³-hybridized carbons (Fsp3) is 0.800. The van der Waals surface area contributed by atoms with Gasteiger partial charge in [-0.2, -0.15) is 0 Å². The van der Waals surface area contributed by atoms with Gasteiger partial charge in [0.1, 0.15) is 0 Å². The van der Waals surface area contributed by atoms with Crippen LogP contribution in [0.4, 0.5) is 0 Å². The molecule has 1 fully saturated rings. The lowest BCUT2D eigenvalue weighted by Crippen LogP contribution is -2.36. The second kappa shape index (κ2) is 3.69. The van der Waals surface area contributed by atoms with Gasteiger partial charge in [0.2, 0.25) is 5.91 Å². The zero-order chi connectivity index (χ0) is 5.98. The molecular formula is C5H11ClN2O. The number of carbonyl (C=O) groups is 1. The maximum atomic E-state index is 10.5. The van der Waals surface area contributed by atoms with Crippen LogP contribution in [0.15, 0.2) is 0 Å². The fourth-order valence-corrected chi connectivity index (χ4v) is 0.831. The van der Waals surface area contributed by atoms with E-state index in [0.717, 1.165) is 6.42 Å². The van der Waals surface area contributed by atoms with Crippen LogP contribution in [0.2, 0.25) is 0 Å². The molecule has 0 aromatic heterocycles. The maximum Gasteiger partial charge on any atom is 0.221 e. The van der Waals surface area contributed by atoms with Crippen LogP contribution in [-0.4, -0.2) is 19.1 Å². The second-order valence-electron chi connectivity index (χ2n) is 1.95. The molecular weight excluding hydrogens is 140 g/mol. The van der Waals surface area contributed by atoms with Crippen molar-refractivity contribution in [3.63, 3.8) is 0 Å². The van der Waals surface area contributed by atoms with Crippen LogP contribution in [0.1, 0.15) is 12.8 Å². The van der Waals surface area contributed by atoms with Crippen molar-refractivity contribution in [2.45, 2.75) is 19.0 Å². The van der Waals surface area contributed by atoms with Gasteiger partial charge in [-0.3, -0.25) is 4.79 Å². The van der Waals surface area contributed by atoms with Crippen LogP contribution in [0, 0.1) is 0 Å². The highest BCUT2D eigenvalue weighted by molar-refractivity contribution is 5.85. The summed E-state index contributed by atoms with van der Waals surface area (Å²) in [6.45, 7) is 0. The quantitative estimate of drug-likeness (QED) is 0.547. The van der Waals surface area contributed by atoms with E-state index < -0.39 is 0 Å². The largest absolute Gasteiger partial charge is 0.341 e. The van der Waals surface area contributed by atoms with Gasteiger partial charge in [-0.05, 0) is 13.5 Å². The summed E-state index contributed by atoms with van der Waals surface area (Å²) >= 11 is 0. The molecule has 0 spiro atoms. The van der Waals surface area contributed by atoms with Crippen molar-refractivity contribution < 1.29 is 4.79 Å². The molecule has 3 nitrogen and oxygen atoms in total. The molecule has 9 heavy (non-hydrogen) atoms. The van der Waals surface area contributed by atoms with Crippen molar-refractivity contribution in [2.75, 3.05) is 7.05 Å². The molecule has 1 unspecified atom stereocenters. The molecule has 2 N–H and O–H groups in total. The third kappa shape index (κ3) is 2.20. The Bertz CT molecular complexity index is 107. The minimum atomic E-state index is 0. The average molecular weight is 151 g/mol. The van der Waals surface area contributed by atoms with Gasteiger partial charge in [-0.1, -0.05) is 0 Å². The molecule has 0 aromatic carbocycles. The van der Waals surface area contributed by atoms with E-state index in [2.05, 4.69) is 10.6 Å². The summed E-state index contributed by atoms with van der Waals surface area (Å²) in [6, 6.07) is 0. The molecule has 1 saturated heterocycles. The van der Waals surface area contributed by atoms with E-state index >= 15 is 0 Å². The van der Waals surface area contributed by atoms with Crippen molar-refractivity contribution in [1.82, 2.24) is 10.6 Å². The van der Waals surface area contributed by atoms with Crippen molar-refractivity contribution in [2.24, 2.45) is 0 Å². The van der Waals surface area contributed by atoms with Crippen molar-refractivity contribution in [3.05, 3.63) is 0 Å². The van der Waals surface area contributed by atoms with Gasteiger partial charge in [-0.15, -0.1) is 12.4 Å². The van der Waals surface area contributed by atoms with E-state index in [9.17, 15) is 4.79 Å². The maximum absolute atomic E-state index is 10.5. The van der Waals surface area contributed by atoms with Crippen LogP contribution < -0.4 is 10.6 Å². The first-order valence-corrected chi connectivity index (χ1v) is 2.79. The SMILES string of the molecule is CNC1CCC(=O)N1.Cl. The van der Waals surface area contributed by atoms with Gasteiger partial charge < -0.3 is 10.6 Å². The predicted octanol–water partition coefficient (Wildman–Crippen LogP) is -0.136. The Hall–Kier alpha value is -0.280. The number of halogens is 1. The van der Waals surface area contributed by atoms with Crippen LogP contribution in [0.5, 0.6) is 0 Å². The smallest absolute Gasteiger partial charge is 0.221 e. The molecule has 54 valence electrons. The standard InChI is InChI=1S/C5H10N2O.ClH/c1-6-4-2-3-5(8)7-4;/h4,6H,2-3H2,1H3,(H,7,8);1H. The van der Waals surface area contributed by atoms with Gasteiger partial charge in [-0.25, -0.2) is 0 Å². The third-order valence-electron chi connectivity index (χ3n) is 1.34. The summed E-state index contributed by atoms with van der Waals surface area (Å²) in [6.07, 6.45) is 1.82. The van der Waals surface area contributed by atoms with E-state index in [1.165, 1.54) is 0 Å². The molecule has 0 bridgehead atoms. The van der Waals surface area contributed by atoms with E-state index in [0.29, 0.717) is 6.42 Å². The first kappa shape index (κ1) is 8.72. The summed E-state index contributed by atoms with van der Waals surface area (Å²) < 4.78 is 0. The number of rotatable bonds is 1. The molecule has 0 radical (unpaired) electrons. The Kier molecular flexibility index (Phi) is 3.58. The summed E-state index contributed by atoms with van der Waals surface area (Å²) in [5.74, 6) is 0.157. The highest BCUT2D eigenvalue weighted by atomic mass is 35.5. The first-order chi connectivity index (χ1) is 3.83. The number of hydrogen-bond donors (Lipinski definition) is 2. The van der Waals surface area contributed by atoms with E-state index in [-0.39, 0.29) is 24.5 Å². The van der Waals surface area contributed by atoms with Crippen LogP contribution in [0.25, 0.3) is 0 Å². The number of amides is 1. The number of carbonyl (C=O) groups excluding carboxylic acids is 1. The Balaban J connectivity index is 0.000000640. The Morgan fingerprint density at radius 2 is 2.44 bits per heavy atom. The Labute approximate surface area is 60.6 Å². The lowest BCUT2D eigenvalue weighted by molar-refractivity contribution is -0.119. The molecule has 4 heteroatoms. The summed E-state index contributed by atoms with van der Waals surface area (Å²) in [5.41, 5.74) is 0. The van der Waals surface area contributed by atoms with Gasteiger partial charge in [0, 0.05) is 6.42 Å². The summed E-state index contributed by atoms with van der Waals surface area (Å²) in [7, 11) is 1.84. The number of hydrogen-bond acceptors (Lipinski definition) is 2. The second-order valence-corrected chi connectivity index (χ2v) is 1.95. The van der Waals surface area contributed by atoms with Gasteiger partial charge in [0.25, 0.3) is 0 Å². The molecule has 1 rings (SSSR count). The molecule has 0 aromatic rings. The Morgan fingerprint density at radius 3 is 2.67 bits per heavy atom. The fourth-order valence-electron chi connectivity index (χ4n) is 0.831. The zero-order valence-electron chi connectivity index (χ0n) is 5.31. The Morgan fingerprint density at radius 1 is 1.78 bits per heavy atom. The van der Waals surface area contributed by atoms with E-state index in [1.807, 2.05) is 7.05 Å². The topological polar surface area (TPSA) is 41.1 Å². The number of nitrogens with one attached hydrogen (secondary N) is 2. The third-order valence-corrected chi connectivity index (χ3v) is 1.34. The molecule has 1 atom stereocenters. The minimum Gasteiger partial charge on any atom is -0.341 e. The molecule has 0 saturated carbocycles. The van der Waals surface area contributed by atoms with E-state index in [1.54, 1.807) is 0 Å². The lowest BCUT2D eigenvalue weighted by Gasteiger charge is -2.05. The van der Waals surface area contributed by atoms with Crippen LogP contribution in [0.3, 0.4) is 0 Å². The van der Waals surface area contributed by atoms with Crippen molar-refractivity contribution in [3.8, 4) is 0 Å². The first-order valence-electron chi connectivity index (χ1n) is 2.79. The highest BCUT2D eigenvalue weighted by Crippen LogP contribution is 2.01. The van der Waals surface area contributed by atoms with Crippen molar-refractivity contribution in [1.29, 1.82) is 0 Å². The van der Waals surface area contributed by atoms with Crippen LogP contribution in [-0.2, 0) is 4.79 Å². The summed E-state index contributed by atoms with van der Waals surface area (Å²) in [5, 5.41) is 5.72. The molecule has 1 amide bonds. The van der Waals surface area contributed by atoms with Gasteiger partial charge in [0.05, 0.1) is 6.17 Å². The molecule has 1 aliphatic rings. The molecule has 0 aliphatic carbocycles.